The third-order valence-corrected chi connectivity index (χ3v) is 2.84. The minimum Gasteiger partial charge on any atom is -0.313 e. The van der Waals surface area contributed by atoms with Crippen LogP contribution in [0.3, 0.4) is 0 Å². The third kappa shape index (κ3) is 4.98. The van der Waals surface area contributed by atoms with E-state index in [-0.39, 0.29) is 5.31 Å². The summed E-state index contributed by atoms with van der Waals surface area (Å²) >= 11 is 0. The van der Waals surface area contributed by atoms with Crippen molar-refractivity contribution in [3.63, 3.8) is 0 Å². The van der Waals surface area contributed by atoms with Crippen molar-refractivity contribution in [2.75, 3.05) is 0 Å². The summed E-state index contributed by atoms with van der Waals surface area (Å²) in [6, 6.07) is 0. The van der Waals surface area contributed by atoms with E-state index in [1.807, 2.05) is 25.3 Å². The summed E-state index contributed by atoms with van der Waals surface area (Å²) in [4.78, 5) is 4.42. The Morgan fingerprint density at radius 2 is 2.41 bits per heavy atom. The molecule has 1 aliphatic carbocycles. The number of aliphatic imine (C=N–C) groups is 1. The lowest BCUT2D eigenvalue weighted by atomic mass is 9.65. The van der Waals surface area contributed by atoms with E-state index >= 15 is 0 Å². The maximum Gasteiger partial charge on any atom is 0.116 e. The second-order valence-corrected chi connectivity index (χ2v) is 5.15. The molecule has 0 fully saturated rings. The number of nitrogens with one attached hydrogen (secondary N) is 1. The van der Waals surface area contributed by atoms with E-state index in [0.717, 1.165) is 18.5 Å². The summed E-state index contributed by atoms with van der Waals surface area (Å²) in [6.07, 6.45) is 15.6. The first-order chi connectivity index (χ1) is 8.07. The van der Waals surface area contributed by atoms with Gasteiger partial charge in [-0.3, -0.25) is 4.99 Å². The van der Waals surface area contributed by atoms with Gasteiger partial charge in [-0.1, -0.05) is 25.2 Å². The zero-order chi connectivity index (χ0) is 12.7. The lowest BCUT2D eigenvalue weighted by molar-refractivity contribution is 0.534. The van der Waals surface area contributed by atoms with Crippen molar-refractivity contribution < 1.29 is 0 Å². The third-order valence-electron chi connectivity index (χ3n) is 2.84. The second kappa shape index (κ2) is 6.38. The molecule has 0 saturated heterocycles. The minimum absolute atomic E-state index is 0.0233. The van der Waals surface area contributed by atoms with Crippen LogP contribution in [0.25, 0.3) is 0 Å². The van der Waals surface area contributed by atoms with E-state index < -0.39 is 0 Å². The molecule has 2 unspecified atom stereocenters. The number of hydrogen-bond acceptors (Lipinski definition) is 2. The summed E-state index contributed by atoms with van der Waals surface area (Å²) in [7, 11) is 2.11. The molecule has 0 spiro atoms. The molecule has 0 saturated carbocycles. The quantitative estimate of drug-likeness (QED) is 0.554. The molecule has 90 valence electrons. The van der Waals surface area contributed by atoms with E-state index in [4.69, 9.17) is 5.41 Å². The summed E-state index contributed by atoms with van der Waals surface area (Å²) < 4.78 is 0. The molecule has 1 aliphatic rings. The van der Waals surface area contributed by atoms with E-state index in [1.54, 1.807) is 6.21 Å². The standard InChI is InChI=1S/C14H21BN2/c1-3-4-8-17-13-7-5-6-12(9-13)10-14(2,15)11-16/h3-8,11-12,16H,9-10,15H2,1-2H3/b4-3-,16-11?,17-8-. The Labute approximate surface area is 105 Å². The maximum atomic E-state index is 7.41. The molecule has 1 rings (SSSR count). The molecule has 2 atom stereocenters. The molecule has 0 heterocycles. The van der Waals surface area contributed by atoms with Gasteiger partial charge in [0.1, 0.15) is 7.85 Å². The highest BCUT2D eigenvalue weighted by molar-refractivity contribution is 6.24. The van der Waals surface area contributed by atoms with Gasteiger partial charge in [0, 0.05) is 11.9 Å². The van der Waals surface area contributed by atoms with Crippen molar-refractivity contribution in [3.8, 4) is 0 Å². The van der Waals surface area contributed by atoms with Gasteiger partial charge in [0.25, 0.3) is 0 Å². The van der Waals surface area contributed by atoms with Crippen LogP contribution < -0.4 is 0 Å². The fraction of sp³-hybridized carbons (Fsp3) is 0.429. The molecule has 0 aliphatic heterocycles. The fourth-order valence-electron chi connectivity index (χ4n) is 1.92. The lowest BCUT2D eigenvalue weighted by Gasteiger charge is -2.25. The largest absolute Gasteiger partial charge is 0.313 e. The van der Waals surface area contributed by atoms with Crippen molar-refractivity contribution in [2.24, 2.45) is 10.9 Å². The monoisotopic (exact) mass is 228 g/mol. The van der Waals surface area contributed by atoms with Crippen molar-refractivity contribution in [1.29, 1.82) is 5.41 Å². The predicted octanol–water partition coefficient (Wildman–Crippen LogP) is 2.94. The molecule has 2 nitrogen and oxygen atoms in total. The summed E-state index contributed by atoms with van der Waals surface area (Å²) in [5.74, 6) is 0.495. The fourth-order valence-corrected chi connectivity index (χ4v) is 1.92. The van der Waals surface area contributed by atoms with Crippen LogP contribution in [0.1, 0.15) is 26.7 Å². The van der Waals surface area contributed by atoms with Crippen LogP contribution >= 0.6 is 0 Å². The molecular formula is C14H21BN2. The van der Waals surface area contributed by atoms with Gasteiger partial charge >= 0.3 is 0 Å². The average Bonchev–Trinajstić information content (AvgIpc) is 2.29. The molecule has 0 bridgehead atoms. The molecule has 17 heavy (non-hydrogen) atoms. The van der Waals surface area contributed by atoms with Gasteiger partial charge in [-0.05, 0) is 49.4 Å². The lowest BCUT2D eigenvalue weighted by Crippen LogP contribution is -2.15. The maximum absolute atomic E-state index is 7.41. The zero-order valence-corrected chi connectivity index (χ0v) is 11.0. The zero-order valence-electron chi connectivity index (χ0n) is 11.0. The summed E-state index contributed by atoms with van der Waals surface area (Å²) in [5, 5.41) is 7.38. The van der Waals surface area contributed by atoms with Crippen LogP contribution in [0.4, 0.5) is 0 Å². The van der Waals surface area contributed by atoms with Crippen molar-refractivity contribution in [3.05, 3.63) is 36.1 Å². The van der Waals surface area contributed by atoms with Gasteiger partial charge in [-0.15, -0.1) is 0 Å². The Hall–Kier alpha value is -1.38. The Bertz CT molecular complexity index is 376. The van der Waals surface area contributed by atoms with Crippen LogP contribution in [0.2, 0.25) is 5.31 Å². The Morgan fingerprint density at radius 3 is 3.06 bits per heavy atom. The highest BCUT2D eigenvalue weighted by Gasteiger charge is 2.21. The molecule has 0 aromatic carbocycles. The van der Waals surface area contributed by atoms with Gasteiger partial charge in [0.2, 0.25) is 0 Å². The minimum atomic E-state index is -0.0233. The van der Waals surface area contributed by atoms with E-state index in [1.165, 1.54) is 0 Å². The molecule has 0 amide bonds. The summed E-state index contributed by atoms with van der Waals surface area (Å²) in [5.41, 5.74) is 1.12. The first kappa shape index (κ1) is 13.7. The average molecular weight is 228 g/mol. The molecular weight excluding hydrogens is 207 g/mol. The van der Waals surface area contributed by atoms with Crippen LogP contribution in [0, 0.1) is 11.3 Å². The van der Waals surface area contributed by atoms with E-state index in [9.17, 15) is 0 Å². The molecule has 0 aromatic rings. The number of allylic oxidation sites excluding steroid dienone is 6. The molecule has 0 radical (unpaired) electrons. The van der Waals surface area contributed by atoms with Gasteiger partial charge in [0.05, 0.1) is 0 Å². The predicted molar refractivity (Wildman–Crippen MR) is 78.9 cm³/mol. The van der Waals surface area contributed by atoms with Crippen molar-refractivity contribution >= 4 is 20.3 Å². The highest BCUT2D eigenvalue weighted by Crippen LogP contribution is 2.33. The highest BCUT2D eigenvalue weighted by atomic mass is 14.7. The molecule has 1 N–H and O–H groups in total. The smallest absolute Gasteiger partial charge is 0.116 e. The van der Waals surface area contributed by atoms with Gasteiger partial charge in [-0.25, -0.2) is 0 Å². The van der Waals surface area contributed by atoms with E-state index in [2.05, 4.69) is 38.0 Å². The Morgan fingerprint density at radius 1 is 1.65 bits per heavy atom. The SMILES string of the molecule is BC(C)(C=N)CC1C=CC=C(/N=C\C=C/C)C1. The first-order valence-electron chi connectivity index (χ1n) is 6.12. The van der Waals surface area contributed by atoms with Gasteiger partial charge in [0.15, 0.2) is 0 Å². The first-order valence-corrected chi connectivity index (χ1v) is 6.12. The van der Waals surface area contributed by atoms with Crippen molar-refractivity contribution in [1.82, 2.24) is 0 Å². The van der Waals surface area contributed by atoms with Gasteiger partial charge in [-0.2, -0.15) is 0 Å². The molecule has 0 aromatic heterocycles. The van der Waals surface area contributed by atoms with Crippen molar-refractivity contribution in [2.45, 2.75) is 32.0 Å². The van der Waals surface area contributed by atoms with E-state index in [0.29, 0.717) is 5.92 Å². The summed E-state index contributed by atoms with van der Waals surface area (Å²) in [6.45, 7) is 4.09. The number of hydrogen-bond donors (Lipinski definition) is 1. The Balaban J connectivity index is 2.57. The number of rotatable bonds is 5. The topological polar surface area (TPSA) is 36.2 Å². The van der Waals surface area contributed by atoms with Crippen LogP contribution in [0.15, 0.2) is 41.1 Å². The Kier molecular flexibility index (Phi) is 5.14. The second-order valence-electron chi connectivity index (χ2n) is 5.15. The van der Waals surface area contributed by atoms with Gasteiger partial charge < -0.3 is 5.41 Å². The van der Waals surface area contributed by atoms with Crippen LogP contribution in [-0.2, 0) is 0 Å². The van der Waals surface area contributed by atoms with Crippen LogP contribution in [-0.4, -0.2) is 20.3 Å². The number of nitrogens with zero attached hydrogens (tertiary/aromatic N) is 1. The molecule has 3 heteroatoms. The van der Waals surface area contributed by atoms with Crippen LogP contribution in [0.5, 0.6) is 0 Å². The normalized spacial score (nSPS) is 23.9.